The minimum atomic E-state index is -0.595. The van der Waals surface area contributed by atoms with Gasteiger partial charge in [0.05, 0.1) is 6.10 Å². The number of halogens is 1. The topological polar surface area (TPSA) is 26.7 Å². The summed E-state index contributed by atoms with van der Waals surface area (Å²) in [6.45, 7) is 10.1. The molecular formula is C17H27FN2O. The third kappa shape index (κ3) is 4.02. The number of rotatable bonds is 4. The fraction of sp³-hybridized carbons (Fsp3) is 0.647. The van der Waals surface area contributed by atoms with Gasteiger partial charge in [0.15, 0.2) is 0 Å². The number of aryl methyl sites for hydroxylation is 1. The van der Waals surface area contributed by atoms with E-state index in [1.807, 2.05) is 6.07 Å². The van der Waals surface area contributed by atoms with Crippen molar-refractivity contribution in [3.63, 3.8) is 0 Å². The number of benzene rings is 1. The zero-order valence-corrected chi connectivity index (χ0v) is 13.6. The molecule has 1 unspecified atom stereocenters. The van der Waals surface area contributed by atoms with E-state index in [0.717, 1.165) is 26.2 Å². The minimum absolute atomic E-state index is 0.166. The molecule has 1 aliphatic rings. The highest BCUT2D eigenvalue weighted by molar-refractivity contribution is 5.24. The molecule has 1 aromatic carbocycles. The van der Waals surface area contributed by atoms with E-state index in [-0.39, 0.29) is 11.4 Å². The highest BCUT2D eigenvalue weighted by Crippen LogP contribution is 2.22. The zero-order valence-electron chi connectivity index (χ0n) is 13.6. The molecule has 0 aliphatic carbocycles. The highest BCUT2D eigenvalue weighted by atomic mass is 19.1. The maximum Gasteiger partial charge on any atom is 0.126 e. The number of likely N-dealkylation sites (N-methyl/N-ethyl adjacent to an activating group) is 1. The fourth-order valence-electron chi connectivity index (χ4n) is 2.82. The number of piperazine rings is 1. The van der Waals surface area contributed by atoms with Crippen molar-refractivity contribution in [2.24, 2.45) is 0 Å². The van der Waals surface area contributed by atoms with E-state index in [1.165, 1.54) is 6.07 Å². The lowest BCUT2D eigenvalue weighted by Crippen LogP contribution is -2.57. The molecule has 0 amide bonds. The van der Waals surface area contributed by atoms with E-state index in [0.29, 0.717) is 17.5 Å². The number of hydrogen-bond donors (Lipinski definition) is 1. The molecule has 0 bridgehead atoms. The normalized spacial score (nSPS) is 21.4. The van der Waals surface area contributed by atoms with Crippen molar-refractivity contribution in [3.05, 3.63) is 35.1 Å². The van der Waals surface area contributed by atoms with Crippen LogP contribution >= 0.6 is 0 Å². The third-order valence-electron chi connectivity index (χ3n) is 4.69. The summed E-state index contributed by atoms with van der Waals surface area (Å²) in [5.41, 5.74) is 1.46. The Labute approximate surface area is 127 Å². The number of hydrogen-bond acceptors (Lipinski definition) is 3. The zero-order chi connectivity index (χ0) is 15.6. The summed E-state index contributed by atoms with van der Waals surface area (Å²) in [5, 5.41) is 10.2. The first-order valence-electron chi connectivity index (χ1n) is 7.67. The summed E-state index contributed by atoms with van der Waals surface area (Å²) in [6, 6.07) is 5.00. The molecule has 1 atom stereocenters. The van der Waals surface area contributed by atoms with Gasteiger partial charge in [-0.1, -0.05) is 12.1 Å². The van der Waals surface area contributed by atoms with Crippen LogP contribution in [-0.2, 0) is 0 Å². The van der Waals surface area contributed by atoms with Gasteiger partial charge in [0.25, 0.3) is 0 Å². The first-order chi connectivity index (χ1) is 9.79. The molecule has 118 valence electrons. The fourth-order valence-corrected chi connectivity index (χ4v) is 2.82. The van der Waals surface area contributed by atoms with Crippen molar-refractivity contribution in [3.8, 4) is 0 Å². The Morgan fingerprint density at radius 1 is 1.33 bits per heavy atom. The van der Waals surface area contributed by atoms with Crippen LogP contribution in [0.1, 0.15) is 37.5 Å². The van der Waals surface area contributed by atoms with E-state index in [4.69, 9.17) is 0 Å². The van der Waals surface area contributed by atoms with Gasteiger partial charge in [-0.25, -0.2) is 4.39 Å². The third-order valence-corrected chi connectivity index (χ3v) is 4.69. The van der Waals surface area contributed by atoms with Crippen molar-refractivity contribution in [2.45, 2.75) is 38.8 Å². The van der Waals surface area contributed by atoms with E-state index in [1.54, 1.807) is 13.0 Å². The van der Waals surface area contributed by atoms with Crippen LogP contribution in [0.3, 0.4) is 0 Å². The Hall–Kier alpha value is -0.970. The first-order valence-corrected chi connectivity index (χ1v) is 7.67. The minimum Gasteiger partial charge on any atom is -0.388 e. The van der Waals surface area contributed by atoms with Crippen molar-refractivity contribution >= 4 is 0 Å². The van der Waals surface area contributed by atoms with Gasteiger partial charge >= 0.3 is 0 Å². The van der Waals surface area contributed by atoms with E-state index >= 15 is 0 Å². The molecule has 1 aliphatic heterocycles. The van der Waals surface area contributed by atoms with Gasteiger partial charge in [0.2, 0.25) is 0 Å². The number of aliphatic hydroxyl groups is 1. The molecule has 1 saturated heterocycles. The lowest BCUT2D eigenvalue weighted by molar-refractivity contribution is 0.0313. The van der Waals surface area contributed by atoms with Gasteiger partial charge in [-0.2, -0.15) is 0 Å². The molecule has 1 heterocycles. The highest BCUT2D eigenvalue weighted by Gasteiger charge is 2.30. The van der Waals surface area contributed by atoms with Crippen LogP contribution < -0.4 is 0 Å². The predicted octanol–water partition coefficient (Wildman–Crippen LogP) is 2.58. The Morgan fingerprint density at radius 3 is 2.67 bits per heavy atom. The molecule has 1 N–H and O–H groups in total. The van der Waals surface area contributed by atoms with Gasteiger partial charge in [0.1, 0.15) is 5.82 Å². The van der Waals surface area contributed by atoms with Gasteiger partial charge < -0.3 is 10.0 Å². The SMILES string of the molecule is Cc1ccc(C(O)CCN2CCN(C)C(C)(C)C2)cc1F. The average molecular weight is 294 g/mol. The van der Waals surface area contributed by atoms with Gasteiger partial charge in [0, 0.05) is 31.7 Å². The van der Waals surface area contributed by atoms with Crippen LogP contribution in [0.25, 0.3) is 0 Å². The van der Waals surface area contributed by atoms with E-state index < -0.39 is 6.10 Å². The average Bonchev–Trinajstić information content (AvgIpc) is 2.42. The Morgan fingerprint density at radius 2 is 2.05 bits per heavy atom. The van der Waals surface area contributed by atoms with Crippen LogP contribution in [0.5, 0.6) is 0 Å². The van der Waals surface area contributed by atoms with Crippen LogP contribution in [0.4, 0.5) is 4.39 Å². The quantitative estimate of drug-likeness (QED) is 0.924. The van der Waals surface area contributed by atoms with Crippen molar-refractivity contribution in [1.29, 1.82) is 0 Å². The van der Waals surface area contributed by atoms with Crippen LogP contribution in [0, 0.1) is 12.7 Å². The lowest BCUT2D eigenvalue weighted by Gasteiger charge is -2.45. The summed E-state index contributed by atoms with van der Waals surface area (Å²) >= 11 is 0. The summed E-state index contributed by atoms with van der Waals surface area (Å²) in [7, 11) is 2.15. The van der Waals surface area contributed by atoms with Gasteiger partial charge in [-0.05, 0) is 51.4 Å². The van der Waals surface area contributed by atoms with Gasteiger partial charge in [-0.3, -0.25) is 4.90 Å². The maximum atomic E-state index is 13.6. The monoisotopic (exact) mass is 294 g/mol. The molecule has 0 aromatic heterocycles. The lowest BCUT2D eigenvalue weighted by atomic mass is 9.99. The standard InChI is InChI=1S/C17H27FN2O/c1-13-5-6-14(11-15(13)18)16(21)7-8-20-10-9-19(4)17(2,3)12-20/h5-6,11,16,21H,7-10,12H2,1-4H3. The molecule has 0 saturated carbocycles. The molecule has 1 fully saturated rings. The van der Waals surface area contributed by atoms with Crippen LogP contribution in [0.2, 0.25) is 0 Å². The molecule has 3 nitrogen and oxygen atoms in total. The maximum absolute atomic E-state index is 13.6. The number of aliphatic hydroxyl groups excluding tert-OH is 1. The van der Waals surface area contributed by atoms with Crippen molar-refractivity contribution in [2.75, 3.05) is 33.2 Å². The second kappa shape index (κ2) is 6.42. The largest absolute Gasteiger partial charge is 0.388 e. The van der Waals surface area contributed by atoms with Gasteiger partial charge in [-0.15, -0.1) is 0 Å². The summed E-state index contributed by atoms with van der Waals surface area (Å²) in [4.78, 5) is 4.75. The van der Waals surface area contributed by atoms with E-state index in [2.05, 4.69) is 30.7 Å². The Kier molecular flexibility index (Phi) is 5.02. The molecule has 2 rings (SSSR count). The van der Waals surface area contributed by atoms with E-state index in [9.17, 15) is 9.50 Å². The Bertz CT molecular complexity index is 490. The number of nitrogens with zero attached hydrogens (tertiary/aromatic N) is 2. The van der Waals surface area contributed by atoms with Crippen LogP contribution in [-0.4, -0.2) is 53.7 Å². The molecule has 4 heteroatoms. The van der Waals surface area contributed by atoms with Crippen molar-refractivity contribution < 1.29 is 9.50 Å². The second-order valence-electron chi connectivity index (χ2n) is 6.82. The summed E-state index contributed by atoms with van der Waals surface area (Å²) < 4.78 is 13.6. The van der Waals surface area contributed by atoms with Crippen LogP contribution in [0.15, 0.2) is 18.2 Å². The molecule has 1 aromatic rings. The molecular weight excluding hydrogens is 267 g/mol. The molecule has 0 radical (unpaired) electrons. The molecule has 21 heavy (non-hydrogen) atoms. The first kappa shape index (κ1) is 16.4. The molecule has 0 spiro atoms. The summed E-state index contributed by atoms with van der Waals surface area (Å²) in [5.74, 6) is -0.243. The predicted molar refractivity (Wildman–Crippen MR) is 83.9 cm³/mol. The van der Waals surface area contributed by atoms with Crippen molar-refractivity contribution in [1.82, 2.24) is 9.80 Å². The summed E-state index contributed by atoms with van der Waals surface area (Å²) in [6.07, 6.45) is 0.0466. The Balaban J connectivity index is 1.89. The smallest absolute Gasteiger partial charge is 0.126 e. The second-order valence-corrected chi connectivity index (χ2v) is 6.82.